The molecule has 3 aromatic carbocycles. The lowest BCUT2D eigenvalue weighted by Crippen LogP contribution is -2.63. The molecule has 1 aliphatic rings. The second kappa shape index (κ2) is 13.7. The van der Waals surface area contributed by atoms with Crippen molar-refractivity contribution in [3.63, 3.8) is 0 Å². The number of rotatable bonds is 11. The number of carbonyl (C=O) groups excluding carboxylic acids is 2. The van der Waals surface area contributed by atoms with Gasteiger partial charge in [-0.3, -0.25) is 9.59 Å². The number of hydrogen-bond donors (Lipinski definition) is 1. The third kappa shape index (κ3) is 7.30. The zero-order valence-electron chi connectivity index (χ0n) is 28.8. The second-order valence-electron chi connectivity index (χ2n) is 10.5. The van der Waals surface area contributed by atoms with Crippen molar-refractivity contribution in [1.82, 2.24) is 9.21 Å². The summed E-state index contributed by atoms with van der Waals surface area (Å²) in [5.41, 5.74) is 5.81. The van der Waals surface area contributed by atoms with Crippen molar-refractivity contribution in [2.24, 2.45) is 11.7 Å². The van der Waals surface area contributed by atoms with Crippen LogP contribution >= 0.6 is 12.4 Å². The Morgan fingerprint density at radius 1 is 1.05 bits per heavy atom. The number of halogens is 1. The van der Waals surface area contributed by atoms with Gasteiger partial charge in [-0.05, 0) is 47.7 Å². The zero-order valence-corrected chi connectivity index (χ0v) is 25.4. The number of likely N-dealkylation sites (N-methyl/N-ethyl adjacent to an activating group) is 1. The molecule has 42 heavy (non-hydrogen) atoms. The molecule has 11 heteroatoms. The molecular weight excluding hydrogens is 578 g/mol. The first-order chi connectivity index (χ1) is 21.5. The highest BCUT2D eigenvalue weighted by Gasteiger charge is 2.52. The van der Waals surface area contributed by atoms with Crippen LogP contribution in [0.25, 0.3) is 0 Å². The van der Waals surface area contributed by atoms with E-state index in [0.717, 1.165) is 0 Å². The minimum absolute atomic E-state index is 0. The van der Waals surface area contributed by atoms with Crippen molar-refractivity contribution in [3.8, 4) is 5.75 Å². The van der Waals surface area contributed by atoms with Gasteiger partial charge in [-0.2, -0.15) is 4.31 Å². The van der Waals surface area contributed by atoms with E-state index in [1.165, 1.54) is 27.4 Å². The average molecular weight is 621 g/mol. The van der Waals surface area contributed by atoms with Crippen molar-refractivity contribution >= 4 is 34.3 Å². The summed E-state index contributed by atoms with van der Waals surface area (Å²) >= 11 is 0. The molecule has 0 saturated carbocycles. The van der Waals surface area contributed by atoms with E-state index >= 15 is 0 Å². The van der Waals surface area contributed by atoms with Gasteiger partial charge in [0.25, 0.3) is 5.91 Å². The van der Waals surface area contributed by atoms with Crippen LogP contribution in [0, 0.1) is 5.92 Å². The highest BCUT2D eigenvalue weighted by molar-refractivity contribution is 7.89. The fourth-order valence-electron chi connectivity index (χ4n) is 4.48. The zero-order chi connectivity index (χ0) is 34.1. The Labute approximate surface area is 261 Å². The van der Waals surface area contributed by atoms with E-state index in [1.54, 1.807) is 64.3 Å². The van der Waals surface area contributed by atoms with Crippen molar-refractivity contribution < 1.29 is 34.3 Å². The van der Waals surface area contributed by atoms with Crippen molar-refractivity contribution in [1.29, 1.82) is 0 Å². The minimum atomic E-state index is -4.10. The van der Waals surface area contributed by atoms with Crippen LogP contribution in [0.5, 0.6) is 5.75 Å². The monoisotopic (exact) mass is 620 g/mol. The van der Waals surface area contributed by atoms with Crippen LogP contribution in [-0.4, -0.2) is 68.8 Å². The molecule has 0 spiro atoms. The number of hydrogen-bond acceptors (Lipinski definition) is 7. The van der Waals surface area contributed by atoms with E-state index < -0.39 is 64.0 Å². The maximum absolute atomic E-state index is 13.8. The summed E-state index contributed by atoms with van der Waals surface area (Å²) in [6.07, 6.45) is -1.06. The third-order valence-corrected chi connectivity index (χ3v) is 8.55. The molecule has 9 nitrogen and oxygen atoms in total. The predicted molar refractivity (Wildman–Crippen MR) is 163 cm³/mol. The summed E-state index contributed by atoms with van der Waals surface area (Å²) in [4.78, 5) is 26.5. The number of sulfonamides is 1. The van der Waals surface area contributed by atoms with Gasteiger partial charge < -0.3 is 20.1 Å². The van der Waals surface area contributed by atoms with Gasteiger partial charge in [0, 0.05) is 14.1 Å². The molecule has 0 aliphatic carbocycles. The van der Waals surface area contributed by atoms with Gasteiger partial charge in [-0.15, -0.1) is 12.4 Å². The molecule has 1 aliphatic heterocycles. The maximum Gasteiger partial charge on any atom is 0.324 e. The van der Waals surface area contributed by atoms with Crippen LogP contribution in [0.4, 0.5) is 0 Å². The first-order valence-corrected chi connectivity index (χ1v) is 14.5. The topological polar surface area (TPSA) is 119 Å². The van der Waals surface area contributed by atoms with E-state index in [9.17, 15) is 18.0 Å². The molecule has 1 saturated heterocycles. The molecule has 2 N–H and O–H groups in total. The largest absolute Gasteiger partial charge is 0.480 e. The van der Waals surface area contributed by atoms with Gasteiger partial charge >= 0.3 is 5.97 Å². The number of benzene rings is 3. The van der Waals surface area contributed by atoms with Crippen LogP contribution in [0.2, 0.25) is 0 Å². The molecule has 1 heterocycles. The lowest BCUT2D eigenvalue weighted by molar-refractivity contribution is -0.163. The van der Waals surface area contributed by atoms with E-state index in [-0.39, 0.29) is 54.4 Å². The summed E-state index contributed by atoms with van der Waals surface area (Å²) in [6, 6.07) is 10.7. The molecule has 3 aromatic rings. The van der Waals surface area contributed by atoms with E-state index in [1.807, 2.05) is 0 Å². The van der Waals surface area contributed by atoms with Crippen LogP contribution in [-0.2, 0) is 36.4 Å². The molecule has 226 valence electrons. The van der Waals surface area contributed by atoms with Crippen LogP contribution in [0.1, 0.15) is 31.8 Å². The van der Waals surface area contributed by atoms with E-state index in [0.29, 0.717) is 11.1 Å². The second-order valence-corrected chi connectivity index (χ2v) is 12.4. The quantitative estimate of drug-likeness (QED) is 0.325. The van der Waals surface area contributed by atoms with Gasteiger partial charge in [0.2, 0.25) is 10.0 Å². The molecule has 1 unspecified atom stereocenters. The third-order valence-electron chi connectivity index (χ3n) is 6.77. The van der Waals surface area contributed by atoms with Crippen molar-refractivity contribution in [3.05, 3.63) is 95.9 Å². The Kier molecular flexibility index (Phi) is 8.54. The molecular formula is C31H38ClN3O6S. The summed E-state index contributed by atoms with van der Waals surface area (Å²) in [7, 11) is -0.984. The Hall–Kier alpha value is -3.44. The van der Waals surface area contributed by atoms with Gasteiger partial charge in [0.15, 0.2) is 11.7 Å². The van der Waals surface area contributed by atoms with E-state index in [2.05, 4.69) is 0 Å². The predicted octanol–water partition coefficient (Wildman–Crippen LogP) is 3.61. The van der Waals surface area contributed by atoms with Crippen LogP contribution < -0.4 is 10.5 Å². The SMILES string of the molecule is Cl.[2H]c1c([2H])c([2H])c(OC2(c3ccccc3)CN(S(=O)(=O)c3cccc(C[C@H](N)C(=O)OC(C(=O)N(C)C)C(C)C)c3)C2)c([2H])c1[2H]. The smallest absolute Gasteiger partial charge is 0.324 e. The lowest BCUT2D eigenvalue weighted by Gasteiger charge is -2.48. The van der Waals surface area contributed by atoms with Crippen LogP contribution in [0.15, 0.2) is 89.7 Å². The Bertz CT molecular complexity index is 1710. The number of nitrogens with two attached hydrogens (primary N) is 1. The average Bonchev–Trinajstić information content (AvgIpc) is 3.00. The highest BCUT2D eigenvalue weighted by atomic mass is 35.5. The minimum Gasteiger partial charge on any atom is -0.480 e. The Balaban J connectivity index is 0.00000600. The van der Waals surface area contributed by atoms with Crippen molar-refractivity contribution in [2.45, 2.75) is 42.9 Å². The van der Waals surface area contributed by atoms with Gasteiger partial charge in [-0.1, -0.05) is 74.4 Å². The fraction of sp³-hybridized carbons (Fsp3) is 0.355. The number of carbonyl (C=O) groups is 2. The first kappa shape index (κ1) is 26.2. The molecule has 0 bridgehead atoms. The van der Waals surface area contributed by atoms with Gasteiger partial charge in [0.05, 0.1) is 24.8 Å². The Morgan fingerprint density at radius 3 is 2.29 bits per heavy atom. The molecule has 4 rings (SSSR count). The molecule has 1 fully saturated rings. The van der Waals surface area contributed by atoms with Gasteiger partial charge in [0.1, 0.15) is 11.8 Å². The molecule has 1 amide bonds. The number of amides is 1. The summed E-state index contributed by atoms with van der Waals surface area (Å²) in [6.45, 7) is 3.09. The number of ether oxygens (including phenoxy) is 2. The standard InChI is InChI=1S/C31H37N3O6S.ClH/c1-22(2)28(29(35)33(3)4)39-30(36)27(32)19-23-12-11-17-26(18-23)41(37,38)34-20-31(21-34,24-13-7-5-8-14-24)40-25-15-9-6-10-16-25;/h5-18,22,27-28H,19-21,32H2,1-4H3;1H/t27-,28?;/m0./s1/i6D,9D,10D,15D,16D;. The molecule has 0 aromatic heterocycles. The summed E-state index contributed by atoms with van der Waals surface area (Å²) in [5, 5.41) is 0. The molecule has 2 atom stereocenters. The van der Waals surface area contributed by atoms with Gasteiger partial charge in [-0.25, -0.2) is 8.42 Å². The number of para-hydroxylation sites is 1. The van der Waals surface area contributed by atoms with Crippen molar-refractivity contribution in [2.75, 3.05) is 27.2 Å². The fourth-order valence-corrected chi connectivity index (χ4v) is 6.09. The van der Waals surface area contributed by atoms with Crippen LogP contribution in [0.3, 0.4) is 0 Å². The molecule has 0 radical (unpaired) electrons. The lowest BCUT2D eigenvalue weighted by atomic mass is 9.87. The number of nitrogens with zero attached hydrogens (tertiary/aromatic N) is 2. The summed E-state index contributed by atoms with van der Waals surface area (Å²) in [5.74, 6) is -1.83. The maximum atomic E-state index is 13.8. The number of esters is 1. The first-order valence-electron chi connectivity index (χ1n) is 15.6. The van der Waals surface area contributed by atoms with E-state index in [4.69, 9.17) is 22.1 Å². The summed E-state index contributed by atoms with van der Waals surface area (Å²) < 4.78 is 80.7. The highest BCUT2D eigenvalue weighted by Crippen LogP contribution is 2.40. The Morgan fingerprint density at radius 2 is 1.69 bits per heavy atom. The normalized spacial score (nSPS) is 17.6.